The Morgan fingerprint density at radius 2 is 1.84 bits per heavy atom. The molecule has 5 heteroatoms. The van der Waals surface area contributed by atoms with Crippen LogP contribution in [0.15, 0.2) is 65.2 Å². The number of oxazole rings is 1. The Balaban J connectivity index is 1.91. The number of aromatic nitrogens is 1. The summed E-state index contributed by atoms with van der Waals surface area (Å²) in [5.74, 6) is 0.0922. The first-order valence-corrected chi connectivity index (χ1v) is 7.91. The van der Waals surface area contributed by atoms with E-state index in [0.717, 1.165) is 11.1 Å². The topological polar surface area (TPSA) is 72.6 Å². The number of aryl methyl sites for hydroxylation is 1. The number of methoxy groups -OCH3 is 1. The van der Waals surface area contributed by atoms with Crippen molar-refractivity contribution < 1.29 is 19.1 Å². The summed E-state index contributed by atoms with van der Waals surface area (Å²) in [5, 5.41) is 11.0. The number of carbonyl (C=O) groups excluding carboxylic acids is 1. The average Bonchev–Trinajstić information content (AvgIpc) is 3.10. The Morgan fingerprint density at radius 3 is 2.48 bits per heavy atom. The van der Waals surface area contributed by atoms with Crippen LogP contribution in [-0.2, 0) is 21.6 Å². The van der Waals surface area contributed by atoms with Crippen LogP contribution in [0, 0.1) is 6.92 Å². The van der Waals surface area contributed by atoms with E-state index in [1.165, 1.54) is 13.3 Å². The summed E-state index contributed by atoms with van der Waals surface area (Å²) < 4.78 is 10.5. The first-order chi connectivity index (χ1) is 12.0. The van der Waals surface area contributed by atoms with E-state index in [9.17, 15) is 9.90 Å². The van der Waals surface area contributed by atoms with Gasteiger partial charge in [-0.25, -0.2) is 9.78 Å². The van der Waals surface area contributed by atoms with E-state index in [0.29, 0.717) is 17.2 Å². The predicted octanol–water partition coefficient (Wildman–Crippen LogP) is 3.25. The van der Waals surface area contributed by atoms with E-state index >= 15 is 0 Å². The first-order valence-electron chi connectivity index (χ1n) is 7.91. The molecular formula is C20H19NO4. The van der Waals surface area contributed by atoms with Crippen molar-refractivity contribution in [3.63, 3.8) is 0 Å². The third-order valence-electron chi connectivity index (χ3n) is 4.06. The van der Waals surface area contributed by atoms with Crippen LogP contribution in [0.4, 0.5) is 0 Å². The van der Waals surface area contributed by atoms with Gasteiger partial charge in [-0.2, -0.15) is 0 Å². The van der Waals surface area contributed by atoms with Gasteiger partial charge in [0.05, 0.1) is 19.7 Å². The maximum Gasteiger partial charge on any atom is 0.343 e. The zero-order chi connectivity index (χ0) is 17.9. The van der Waals surface area contributed by atoms with Crippen LogP contribution in [-0.4, -0.2) is 23.2 Å². The Bertz CT molecular complexity index is 855. The summed E-state index contributed by atoms with van der Waals surface area (Å²) in [5.41, 5.74) is 0.577. The smallest absolute Gasteiger partial charge is 0.343 e. The van der Waals surface area contributed by atoms with Gasteiger partial charge < -0.3 is 14.3 Å². The van der Waals surface area contributed by atoms with Crippen LogP contribution >= 0.6 is 0 Å². The largest absolute Gasteiger partial charge is 0.467 e. The first kappa shape index (κ1) is 16.9. The van der Waals surface area contributed by atoms with Gasteiger partial charge in [0.2, 0.25) is 5.89 Å². The molecule has 0 amide bonds. The van der Waals surface area contributed by atoms with E-state index in [-0.39, 0.29) is 6.42 Å². The van der Waals surface area contributed by atoms with Crippen LogP contribution in [0.5, 0.6) is 0 Å². The number of rotatable bonds is 5. The number of hydrogen-bond acceptors (Lipinski definition) is 5. The summed E-state index contributed by atoms with van der Waals surface area (Å²) in [7, 11) is 1.24. The highest BCUT2D eigenvalue weighted by Crippen LogP contribution is 2.29. The monoisotopic (exact) mass is 337 g/mol. The fourth-order valence-corrected chi connectivity index (χ4v) is 2.65. The quantitative estimate of drug-likeness (QED) is 0.724. The van der Waals surface area contributed by atoms with Crippen LogP contribution < -0.4 is 0 Å². The molecule has 0 aliphatic heterocycles. The molecule has 25 heavy (non-hydrogen) atoms. The van der Waals surface area contributed by atoms with Gasteiger partial charge in [0.1, 0.15) is 5.76 Å². The van der Waals surface area contributed by atoms with Crippen LogP contribution in [0.3, 0.4) is 0 Å². The maximum absolute atomic E-state index is 12.2. The van der Waals surface area contributed by atoms with E-state index in [1.54, 1.807) is 24.3 Å². The van der Waals surface area contributed by atoms with Crippen molar-refractivity contribution >= 4 is 5.97 Å². The molecule has 3 rings (SSSR count). The predicted molar refractivity (Wildman–Crippen MR) is 92.7 cm³/mol. The van der Waals surface area contributed by atoms with Gasteiger partial charge in [0.25, 0.3) is 0 Å². The van der Waals surface area contributed by atoms with Crippen molar-refractivity contribution in [1.29, 1.82) is 0 Å². The van der Waals surface area contributed by atoms with Gasteiger partial charge in [-0.15, -0.1) is 0 Å². The third kappa shape index (κ3) is 3.46. The highest BCUT2D eigenvalue weighted by atomic mass is 16.5. The molecule has 1 aromatic heterocycles. The van der Waals surface area contributed by atoms with Crippen molar-refractivity contribution in [2.75, 3.05) is 7.11 Å². The lowest BCUT2D eigenvalue weighted by molar-refractivity contribution is -0.163. The van der Waals surface area contributed by atoms with Crippen molar-refractivity contribution in [1.82, 2.24) is 4.98 Å². The molecule has 0 saturated carbocycles. The summed E-state index contributed by atoms with van der Waals surface area (Å²) in [4.78, 5) is 16.5. The van der Waals surface area contributed by atoms with Crippen LogP contribution in [0.25, 0.3) is 11.5 Å². The van der Waals surface area contributed by atoms with Crippen molar-refractivity contribution in [3.8, 4) is 11.5 Å². The van der Waals surface area contributed by atoms with E-state index in [2.05, 4.69) is 4.98 Å². The van der Waals surface area contributed by atoms with E-state index in [4.69, 9.17) is 9.15 Å². The van der Waals surface area contributed by atoms with Gasteiger partial charge in [-0.1, -0.05) is 48.0 Å². The molecule has 0 bridgehead atoms. The second-order valence-corrected chi connectivity index (χ2v) is 5.89. The molecule has 0 aliphatic rings. The summed E-state index contributed by atoms with van der Waals surface area (Å²) >= 11 is 0. The zero-order valence-electron chi connectivity index (χ0n) is 14.1. The fourth-order valence-electron chi connectivity index (χ4n) is 2.65. The SMILES string of the molecule is COC(=O)[C@](O)(Cc1cnc(-c2ccc(C)cc2)o1)c1ccccc1. The maximum atomic E-state index is 12.2. The number of carbonyl (C=O) groups is 1. The highest BCUT2D eigenvalue weighted by Gasteiger charge is 2.40. The summed E-state index contributed by atoms with van der Waals surface area (Å²) in [6, 6.07) is 16.4. The molecule has 0 radical (unpaired) electrons. The molecule has 0 aliphatic carbocycles. The summed E-state index contributed by atoms with van der Waals surface area (Å²) in [6.45, 7) is 2.00. The molecule has 0 unspecified atom stereocenters. The fraction of sp³-hybridized carbons (Fsp3) is 0.200. The lowest BCUT2D eigenvalue weighted by Gasteiger charge is -2.24. The minimum absolute atomic E-state index is 0.0669. The molecular weight excluding hydrogens is 318 g/mol. The van der Waals surface area contributed by atoms with Gasteiger partial charge in [0.15, 0.2) is 5.60 Å². The van der Waals surface area contributed by atoms with E-state index < -0.39 is 11.6 Å². The molecule has 5 nitrogen and oxygen atoms in total. The minimum Gasteiger partial charge on any atom is -0.467 e. The number of nitrogens with zero attached hydrogens (tertiary/aromatic N) is 1. The van der Waals surface area contributed by atoms with Gasteiger partial charge in [-0.3, -0.25) is 0 Å². The molecule has 128 valence electrons. The molecule has 0 spiro atoms. The Kier molecular flexibility index (Phi) is 4.67. The van der Waals surface area contributed by atoms with Crippen LogP contribution in [0.1, 0.15) is 16.9 Å². The Labute approximate surface area is 145 Å². The molecule has 1 N–H and O–H groups in total. The summed E-state index contributed by atoms with van der Waals surface area (Å²) in [6.07, 6.45) is 1.45. The zero-order valence-corrected chi connectivity index (χ0v) is 14.1. The second-order valence-electron chi connectivity index (χ2n) is 5.89. The van der Waals surface area contributed by atoms with Gasteiger partial charge in [0, 0.05) is 5.56 Å². The van der Waals surface area contributed by atoms with Gasteiger partial charge >= 0.3 is 5.97 Å². The van der Waals surface area contributed by atoms with Gasteiger partial charge in [-0.05, 0) is 24.6 Å². The molecule has 3 aromatic rings. The molecule has 0 saturated heterocycles. The number of aliphatic hydroxyl groups is 1. The normalized spacial score (nSPS) is 13.2. The average molecular weight is 337 g/mol. The third-order valence-corrected chi connectivity index (χ3v) is 4.06. The van der Waals surface area contributed by atoms with E-state index in [1.807, 2.05) is 37.3 Å². The number of ether oxygens (including phenoxy) is 1. The highest BCUT2D eigenvalue weighted by molar-refractivity contribution is 5.81. The Hall–Kier alpha value is -2.92. The molecule has 2 aromatic carbocycles. The number of esters is 1. The lowest BCUT2D eigenvalue weighted by Crippen LogP contribution is -2.38. The lowest BCUT2D eigenvalue weighted by atomic mass is 9.89. The van der Waals surface area contributed by atoms with Crippen molar-refractivity contribution in [2.45, 2.75) is 18.9 Å². The van der Waals surface area contributed by atoms with Crippen LogP contribution in [0.2, 0.25) is 0 Å². The second kappa shape index (κ2) is 6.91. The number of benzene rings is 2. The van der Waals surface area contributed by atoms with Crippen molar-refractivity contribution in [2.24, 2.45) is 0 Å². The minimum atomic E-state index is -1.83. The van der Waals surface area contributed by atoms with Crippen molar-refractivity contribution in [3.05, 3.63) is 77.7 Å². The molecule has 1 heterocycles. The number of hydrogen-bond donors (Lipinski definition) is 1. The standard InChI is InChI=1S/C20H19NO4/c1-14-8-10-15(11-9-14)18-21-13-17(25-18)12-20(23,19(22)24-2)16-6-4-3-5-7-16/h3-11,13,23H,12H2,1-2H3/t20-/m0/s1. The Morgan fingerprint density at radius 1 is 1.16 bits per heavy atom. The molecule has 1 atom stereocenters. The molecule has 0 fully saturated rings.